The highest BCUT2D eigenvalue weighted by Gasteiger charge is 2.15. The fourth-order valence-electron chi connectivity index (χ4n) is 2.81. The lowest BCUT2D eigenvalue weighted by molar-refractivity contribution is 0.721. The number of hydrogen-bond acceptors (Lipinski definition) is 2. The standard InChI is InChI=1S/C17H23NS/c1-5-14-6-7-19-17(14)16(18)10-15-12(3)8-11(2)9-13(15)4/h6-9,16H,5,10,18H2,1-4H3. The summed E-state index contributed by atoms with van der Waals surface area (Å²) in [5.74, 6) is 0. The molecule has 0 aliphatic carbocycles. The van der Waals surface area contributed by atoms with Gasteiger partial charge in [-0.15, -0.1) is 11.3 Å². The maximum atomic E-state index is 6.43. The lowest BCUT2D eigenvalue weighted by atomic mass is 9.93. The van der Waals surface area contributed by atoms with E-state index in [4.69, 9.17) is 5.73 Å². The quantitative estimate of drug-likeness (QED) is 0.873. The zero-order chi connectivity index (χ0) is 14.0. The zero-order valence-corrected chi connectivity index (χ0v) is 13.1. The number of nitrogens with two attached hydrogens (primary N) is 1. The molecule has 1 aromatic heterocycles. The van der Waals surface area contributed by atoms with Gasteiger partial charge >= 0.3 is 0 Å². The van der Waals surface area contributed by atoms with Crippen LogP contribution in [0.15, 0.2) is 23.6 Å². The predicted octanol–water partition coefficient (Wildman–Crippen LogP) is 4.48. The van der Waals surface area contributed by atoms with Crippen molar-refractivity contribution in [3.8, 4) is 0 Å². The van der Waals surface area contributed by atoms with Crippen LogP contribution in [-0.2, 0) is 12.8 Å². The maximum absolute atomic E-state index is 6.43. The molecule has 0 aliphatic heterocycles. The highest BCUT2D eigenvalue weighted by atomic mass is 32.1. The van der Waals surface area contributed by atoms with Crippen LogP contribution in [-0.4, -0.2) is 0 Å². The van der Waals surface area contributed by atoms with Crippen LogP contribution in [0.3, 0.4) is 0 Å². The van der Waals surface area contributed by atoms with Gasteiger partial charge in [0.05, 0.1) is 0 Å². The molecule has 0 fully saturated rings. The molecule has 2 rings (SSSR count). The van der Waals surface area contributed by atoms with E-state index in [2.05, 4.69) is 51.3 Å². The number of aryl methyl sites for hydroxylation is 4. The largest absolute Gasteiger partial charge is 0.323 e. The second kappa shape index (κ2) is 5.89. The molecule has 19 heavy (non-hydrogen) atoms. The van der Waals surface area contributed by atoms with Crippen LogP contribution in [0.2, 0.25) is 0 Å². The topological polar surface area (TPSA) is 26.0 Å². The summed E-state index contributed by atoms with van der Waals surface area (Å²) in [6, 6.07) is 6.83. The Hall–Kier alpha value is -1.12. The molecule has 1 heterocycles. The average Bonchev–Trinajstić information content (AvgIpc) is 2.81. The van der Waals surface area contributed by atoms with Crippen molar-refractivity contribution >= 4 is 11.3 Å². The second-order valence-electron chi connectivity index (χ2n) is 5.35. The van der Waals surface area contributed by atoms with Crippen molar-refractivity contribution in [3.05, 3.63) is 56.3 Å². The summed E-state index contributed by atoms with van der Waals surface area (Å²) in [4.78, 5) is 1.35. The molecule has 1 atom stereocenters. The average molecular weight is 273 g/mol. The first-order valence-corrected chi connectivity index (χ1v) is 7.79. The Balaban J connectivity index is 2.27. The molecule has 102 valence electrons. The molecule has 1 unspecified atom stereocenters. The van der Waals surface area contributed by atoms with Crippen LogP contribution in [0.5, 0.6) is 0 Å². The third-order valence-electron chi connectivity index (χ3n) is 3.76. The molecule has 0 radical (unpaired) electrons. The van der Waals surface area contributed by atoms with Gasteiger partial charge in [-0.2, -0.15) is 0 Å². The van der Waals surface area contributed by atoms with Gasteiger partial charge in [-0.25, -0.2) is 0 Å². The Kier molecular flexibility index (Phi) is 4.43. The minimum Gasteiger partial charge on any atom is -0.323 e. The van der Waals surface area contributed by atoms with E-state index in [0.29, 0.717) is 0 Å². The smallest absolute Gasteiger partial charge is 0.0433 e. The lowest BCUT2D eigenvalue weighted by Gasteiger charge is -2.17. The van der Waals surface area contributed by atoms with E-state index in [-0.39, 0.29) is 6.04 Å². The van der Waals surface area contributed by atoms with Crippen molar-refractivity contribution in [1.82, 2.24) is 0 Å². The minimum atomic E-state index is 0.120. The van der Waals surface area contributed by atoms with Gasteiger partial charge in [0.2, 0.25) is 0 Å². The highest BCUT2D eigenvalue weighted by molar-refractivity contribution is 7.10. The molecule has 0 saturated carbocycles. The van der Waals surface area contributed by atoms with E-state index in [1.54, 1.807) is 11.3 Å². The first-order valence-electron chi connectivity index (χ1n) is 6.91. The number of rotatable bonds is 4. The van der Waals surface area contributed by atoms with Crippen molar-refractivity contribution in [2.24, 2.45) is 5.73 Å². The first-order chi connectivity index (χ1) is 9.02. The molecular formula is C17H23NS. The summed E-state index contributed by atoms with van der Waals surface area (Å²) in [6.07, 6.45) is 2.00. The van der Waals surface area contributed by atoms with Gasteiger partial charge in [0.15, 0.2) is 0 Å². The molecular weight excluding hydrogens is 250 g/mol. The normalized spacial score (nSPS) is 12.7. The van der Waals surface area contributed by atoms with Gasteiger partial charge in [-0.1, -0.05) is 24.6 Å². The Labute approximate surface area is 120 Å². The number of benzene rings is 1. The molecule has 0 saturated heterocycles. The summed E-state index contributed by atoms with van der Waals surface area (Å²) in [7, 11) is 0. The van der Waals surface area contributed by atoms with Crippen molar-refractivity contribution in [1.29, 1.82) is 0 Å². The Bertz CT molecular complexity index is 545. The molecule has 0 spiro atoms. The molecule has 1 nitrogen and oxygen atoms in total. The molecule has 0 aliphatic rings. The van der Waals surface area contributed by atoms with E-state index in [0.717, 1.165) is 12.8 Å². The highest BCUT2D eigenvalue weighted by Crippen LogP contribution is 2.28. The number of hydrogen-bond donors (Lipinski definition) is 1. The second-order valence-corrected chi connectivity index (χ2v) is 6.30. The van der Waals surface area contributed by atoms with Gasteiger partial charge in [0, 0.05) is 10.9 Å². The van der Waals surface area contributed by atoms with Crippen LogP contribution in [0, 0.1) is 20.8 Å². The van der Waals surface area contributed by atoms with Gasteiger partial charge in [0.1, 0.15) is 0 Å². The predicted molar refractivity (Wildman–Crippen MR) is 85.0 cm³/mol. The molecule has 2 heteroatoms. The molecule has 1 aromatic carbocycles. The molecule has 0 amide bonds. The molecule has 0 bridgehead atoms. The van der Waals surface area contributed by atoms with Gasteiger partial charge in [0.25, 0.3) is 0 Å². The van der Waals surface area contributed by atoms with Crippen molar-refractivity contribution in [3.63, 3.8) is 0 Å². The van der Waals surface area contributed by atoms with Crippen molar-refractivity contribution < 1.29 is 0 Å². The summed E-state index contributed by atoms with van der Waals surface area (Å²) < 4.78 is 0. The van der Waals surface area contributed by atoms with E-state index in [9.17, 15) is 0 Å². The van der Waals surface area contributed by atoms with E-state index in [1.165, 1.54) is 32.7 Å². The summed E-state index contributed by atoms with van der Waals surface area (Å²) in [5.41, 5.74) is 13.3. The first kappa shape index (κ1) is 14.3. The SMILES string of the molecule is CCc1ccsc1C(N)Cc1c(C)cc(C)cc1C. The fourth-order valence-corrected chi connectivity index (χ4v) is 3.81. The van der Waals surface area contributed by atoms with Gasteiger partial charge in [-0.05, 0) is 67.3 Å². The van der Waals surface area contributed by atoms with Crippen molar-refractivity contribution in [2.75, 3.05) is 0 Å². The Morgan fingerprint density at radius 2 is 1.79 bits per heavy atom. The van der Waals surface area contributed by atoms with Gasteiger partial charge < -0.3 is 5.73 Å². The van der Waals surface area contributed by atoms with Crippen LogP contribution < -0.4 is 5.73 Å². The van der Waals surface area contributed by atoms with E-state index >= 15 is 0 Å². The minimum absolute atomic E-state index is 0.120. The van der Waals surface area contributed by atoms with Crippen LogP contribution in [0.1, 0.15) is 45.7 Å². The maximum Gasteiger partial charge on any atom is 0.0433 e. The lowest BCUT2D eigenvalue weighted by Crippen LogP contribution is -2.15. The summed E-state index contributed by atoms with van der Waals surface area (Å²) in [5, 5.41) is 2.16. The zero-order valence-electron chi connectivity index (χ0n) is 12.3. The third kappa shape index (κ3) is 3.07. The van der Waals surface area contributed by atoms with Crippen LogP contribution in [0.25, 0.3) is 0 Å². The van der Waals surface area contributed by atoms with Crippen LogP contribution in [0.4, 0.5) is 0 Å². The van der Waals surface area contributed by atoms with Gasteiger partial charge in [-0.3, -0.25) is 0 Å². The van der Waals surface area contributed by atoms with E-state index in [1.807, 2.05) is 0 Å². The monoisotopic (exact) mass is 273 g/mol. The summed E-state index contributed by atoms with van der Waals surface area (Å²) >= 11 is 1.79. The third-order valence-corrected chi connectivity index (χ3v) is 4.85. The van der Waals surface area contributed by atoms with Crippen molar-refractivity contribution in [2.45, 2.75) is 46.6 Å². The summed E-state index contributed by atoms with van der Waals surface area (Å²) in [6.45, 7) is 8.73. The Morgan fingerprint density at radius 1 is 1.16 bits per heavy atom. The Morgan fingerprint density at radius 3 is 2.37 bits per heavy atom. The number of thiophene rings is 1. The molecule has 2 N–H and O–H groups in total. The van der Waals surface area contributed by atoms with E-state index < -0.39 is 0 Å². The van der Waals surface area contributed by atoms with Crippen LogP contribution >= 0.6 is 11.3 Å². The fraction of sp³-hybridized carbons (Fsp3) is 0.412. The molecule has 2 aromatic rings.